The van der Waals surface area contributed by atoms with Gasteiger partial charge in [-0.2, -0.15) is 9.64 Å². The second-order valence-corrected chi connectivity index (χ2v) is 3.87. The monoisotopic (exact) mass is 225 g/mol. The summed E-state index contributed by atoms with van der Waals surface area (Å²) in [5, 5.41) is 11.6. The van der Waals surface area contributed by atoms with E-state index in [1.165, 1.54) is 11.5 Å². The average molecular weight is 225 g/mol. The summed E-state index contributed by atoms with van der Waals surface area (Å²) < 4.78 is 9.15. The second-order valence-electron chi connectivity index (χ2n) is 3.09. The molecule has 0 saturated carbocycles. The van der Waals surface area contributed by atoms with E-state index in [9.17, 15) is 0 Å². The van der Waals surface area contributed by atoms with Crippen LogP contribution in [0.2, 0.25) is 0 Å². The van der Waals surface area contributed by atoms with Crippen molar-refractivity contribution in [3.63, 3.8) is 0 Å². The van der Waals surface area contributed by atoms with Crippen LogP contribution in [-0.4, -0.2) is 35.7 Å². The largest absolute Gasteiger partial charge is 0.382 e. The number of nitrogens with one attached hydrogen (secondary N) is 1. The molecule has 1 aliphatic heterocycles. The Bertz CT molecular complexity index is 379. The first kappa shape index (κ1) is 10.2. The third-order valence-electron chi connectivity index (χ3n) is 2.10. The van der Waals surface area contributed by atoms with Gasteiger partial charge in [0.25, 0.3) is 0 Å². The van der Waals surface area contributed by atoms with Gasteiger partial charge in [0, 0.05) is 13.1 Å². The Kier molecular flexibility index (Phi) is 3.01. The van der Waals surface area contributed by atoms with Crippen LogP contribution in [0.25, 0.3) is 0 Å². The maximum absolute atomic E-state index is 8.87. The number of nitrogen functional groups attached to an aromatic ring is 1. The van der Waals surface area contributed by atoms with E-state index in [0.29, 0.717) is 29.6 Å². The molecule has 3 N–H and O–H groups in total. The highest BCUT2D eigenvalue weighted by Gasteiger charge is 2.15. The zero-order chi connectivity index (χ0) is 10.7. The highest BCUT2D eigenvalue weighted by atomic mass is 32.1. The van der Waals surface area contributed by atoms with Crippen molar-refractivity contribution in [3.8, 4) is 6.07 Å². The molecule has 0 radical (unpaired) electrons. The predicted octanol–water partition coefficient (Wildman–Crippen LogP) is 0.256. The Morgan fingerprint density at radius 2 is 2.27 bits per heavy atom. The molecule has 0 atom stereocenters. The van der Waals surface area contributed by atoms with Crippen LogP contribution in [0, 0.1) is 11.3 Å². The van der Waals surface area contributed by atoms with Crippen LogP contribution in [-0.2, 0) is 4.74 Å². The number of nitriles is 1. The van der Waals surface area contributed by atoms with Crippen LogP contribution in [0.15, 0.2) is 0 Å². The van der Waals surface area contributed by atoms with E-state index in [-0.39, 0.29) is 0 Å². The van der Waals surface area contributed by atoms with Crippen molar-refractivity contribution >= 4 is 22.4 Å². The van der Waals surface area contributed by atoms with Crippen LogP contribution in [0.3, 0.4) is 0 Å². The fourth-order valence-electron chi connectivity index (χ4n) is 1.31. The third-order valence-corrected chi connectivity index (χ3v) is 2.87. The van der Waals surface area contributed by atoms with Gasteiger partial charge in [0.05, 0.1) is 13.2 Å². The average Bonchev–Trinajstić information content (AvgIpc) is 2.61. The molecule has 80 valence electrons. The van der Waals surface area contributed by atoms with Crippen LogP contribution in [0.4, 0.5) is 10.8 Å². The topological polar surface area (TPSA) is 87.2 Å². The van der Waals surface area contributed by atoms with Crippen molar-refractivity contribution in [2.75, 3.05) is 37.5 Å². The maximum Gasteiger partial charge on any atom is 0.157 e. The number of aromatic nitrogens is 1. The van der Waals surface area contributed by atoms with Gasteiger partial charge in [-0.15, -0.1) is 0 Å². The summed E-state index contributed by atoms with van der Waals surface area (Å²) in [6.45, 7) is 2.98. The first-order chi connectivity index (χ1) is 7.31. The molecule has 15 heavy (non-hydrogen) atoms. The number of nitrogens with two attached hydrogens (primary N) is 1. The lowest BCUT2D eigenvalue weighted by Gasteiger charge is -2.27. The van der Waals surface area contributed by atoms with Crippen molar-refractivity contribution in [1.82, 2.24) is 9.38 Å². The second kappa shape index (κ2) is 4.44. The number of ether oxygens (including phenoxy) is 1. The van der Waals surface area contributed by atoms with Gasteiger partial charge >= 0.3 is 0 Å². The van der Waals surface area contributed by atoms with Crippen LogP contribution >= 0.6 is 11.5 Å². The Hall–Kier alpha value is -1.36. The van der Waals surface area contributed by atoms with Gasteiger partial charge < -0.3 is 15.9 Å². The minimum absolute atomic E-state index is 0.290. The Balaban J connectivity index is 2.06. The Morgan fingerprint density at radius 3 is 2.93 bits per heavy atom. The van der Waals surface area contributed by atoms with Crippen molar-refractivity contribution in [2.24, 2.45) is 0 Å². The smallest absolute Gasteiger partial charge is 0.157 e. The molecule has 0 amide bonds. The maximum atomic E-state index is 8.87. The highest BCUT2D eigenvalue weighted by Crippen LogP contribution is 2.26. The Labute approximate surface area is 91.4 Å². The highest BCUT2D eigenvalue weighted by molar-refractivity contribution is 7.10. The molecule has 6 nitrogen and oxygen atoms in total. The standard InChI is InChI=1S/C8H11N5OS/c9-5-6-7(10)12-15-8(6)11-13-1-3-14-4-2-13/h11H,1-4H2,(H2,10,12). The number of hydrazine groups is 1. The molecule has 2 heterocycles. The SMILES string of the molecule is N#Cc1c(N)nsc1NN1CCOCC1. The number of rotatable bonds is 2. The molecule has 2 rings (SSSR count). The lowest BCUT2D eigenvalue weighted by molar-refractivity contribution is 0.0498. The summed E-state index contributed by atoms with van der Waals surface area (Å²) in [6.07, 6.45) is 0. The van der Waals surface area contributed by atoms with Gasteiger partial charge in [-0.25, -0.2) is 5.01 Å². The number of nitrogens with zero attached hydrogens (tertiary/aromatic N) is 3. The summed E-state index contributed by atoms with van der Waals surface area (Å²) >= 11 is 1.20. The zero-order valence-electron chi connectivity index (χ0n) is 8.06. The van der Waals surface area contributed by atoms with Gasteiger partial charge in [-0.05, 0) is 11.5 Å². The first-order valence-corrected chi connectivity index (χ1v) is 5.33. The quantitative estimate of drug-likeness (QED) is 0.750. The Morgan fingerprint density at radius 1 is 1.53 bits per heavy atom. The summed E-state index contributed by atoms with van der Waals surface area (Å²) in [5.41, 5.74) is 9.10. The molecule has 7 heteroatoms. The molecule has 0 aromatic carbocycles. The van der Waals surface area contributed by atoms with Crippen molar-refractivity contribution in [1.29, 1.82) is 5.26 Å². The van der Waals surface area contributed by atoms with Crippen molar-refractivity contribution in [3.05, 3.63) is 5.56 Å². The molecule has 0 unspecified atom stereocenters. The van der Waals surface area contributed by atoms with Gasteiger partial charge in [0.15, 0.2) is 5.82 Å². The van der Waals surface area contributed by atoms with E-state index in [2.05, 4.69) is 9.80 Å². The van der Waals surface area contributed by atoms with Crippen molar-refractivity contribution in [2.45, 2.75) is 0 Å². The number of hydrogen-bond donors (Lipinski definition) is 2. The van der Waals surface area contributed by atoms with E-state index < -0.39 is 0 Å². The van der Waals surface area contributed by atoms with Gasteiger partial charge in [0.1, 0.15) is 16.6 Å². The summed E-state index contributed by atoms with van der Waals surface area (Å²) in [4.78, 5) is 0. The first-order valence-electron chi connectivity index (χ1n) is 4.56. The molecular weight excluding hydrogens is 214 g/mol. The minimum atomic E-state index is 0.290. The molecule has 1 fully saturated rings. The predicted molar refractivity (Wildman–Crippen MR) is 57.3 cm³/mol. The van der Waals surface area contributed by atoms with E-state index in [1.54, 1.807) is 0 Å². The van der Waals surface area contributed by atoms with Gasteiger partial charge in [-0.1, -0.05) is 0 Å². The van der Waals surface area contributed by atoms with Crippen molar-refractivity contribution < 1.29 is 4.74 Å². The van der Waals surface area contributed by atoms with Gasteiger partial charge in [-0.3, -0.25) is 0 Å². The lowest BCUT2D eigenvalue weighted by atomic mass is 10.3. The summed E-state index contributed by atoms with van der Waals surface area (Å²) in [7, 11) is 0. The molecule has 0 bridgehead atoms. The molecule has 0 spiro atoms. The van der Waals surface area contributed by atoms with E-state index in [1.807, 2.05) is 11.1 Å². The molecular formula is C8H11N5OS. The summed E-state index contributed by atoms with van der Waals surface area (Å²) in [6, 6.07) is 2.04. The fraction of sp³-hybridized carbons (Fsp3) is 0.500. The third kappa shape index (κ3) is 2.18. The minimum Gasteiger partial charge on any atom is -0.382 e. The van der Waals surface area contributed by atoms with E-state index in [0.717, 1.165) is 13.1 Å². The zero-order valence-corrected chi connectivity index (χ0v) is 8.88. The number of hydrogen-bond acceptors (Lipinski definition) is 7. The molecule has 1 aromatic rings. The lowest BCUT2D eigenvalue weighted by Crippen LogP contribution is -2.40. The molecule has 1 aromatic heterocycles. The fourth-order valence-corrected chi connectivity index (χ4v) is 2.00. The van der Waals surface area contributed by atoms with E-state index >= 15 is 0 Å². The molecule has 0 aliphatic carbocycles. The number of morpholine rings is 1. The molecule has 1 aliphatic rings. The normalized spacial score (nSPS) is 17.3. The molecule has 1 saturated heterocycles. The van der Waals surface area contributed by atoms with Crippen LogP contribution in [0.1, 0.15) is 5.56 Å². The van der Waals surface area contributed by atoms with Crippen LogP contribution < -0.4 is 11.2 Å². The number of anilines is 2. The van der Waals surface area contributed by atoms with Gasteiger partial charge in [0.2, 0.25) is 0 Å². The summed E-state index contributed by atoms with van der Waals surface area (Å²) in [5.74, 6) is 0.290. The van der Waals surface area contributed by atoms with E-state index in [4.69, 9.17) is 15.7 Å². The van der Waals surface area contributed by atoms with Crippen LogP contribution in [0.5, 0.6) is 0 Å².